The molecule has 0 fully saturated rings. The fourth-order valence-electron chi connectivity index (χ4n) is 4.57. The van der Waals surface area contributed by atoms with Crippen LogP contribution in [0.3, 0.4) is 0 Å². The van der Waals surface area contributed by atoms with Crippen LogP contribution in [0.2, 0.25) is 0 Å². The number of hydrogen-bond donors (Lipinski definition) is 2. The summed E-state index contributed by atoms with van der Waals surface area (Å²) in [6, 6.07) is 7.51. The minimum Gasteiger partial charge on any atom is -0.507 e. The maximum absolute atomic E-state index is 13.9. The number of aryl methyl sites for hydroxylation is 1. The van der Waals surface area contributed by atoms with Gasteiger partial charge in [0.15, 0.2) is 11.6 Å². The standard InChI is InChI=1S/C24H19BrN2O5/c1-10-20(29)18(12(3)28)22-19(21(10)30)24(4)16(32-22)9-15-17(23(24)31)11(2)26-27(15)14-7-5-13(25)6-8-14/h5-9,29-30H,1-4H3. The van der Waals surface area contributed by atoms with Crippen LogP contribution in [0.4, 0.5) is 0 Å². The zero-order valence-corrected chi connectivity index (χ0v) is 19.4. The molecule has 0 amide bonds. The van der Waals surface area contributed by atoms with E-state index in [2.05, 4.69) is 21.0 Å². The molecule has 1 aliphatic heterocycles. The van der Waals surface area contributed by atoms with Crippen molar-refractivity contribution in [3.8, 4) is 22.9 Å². The normalized spacial score (nSPS) is 18.5. The summed E-state index contributed by atoms with van der Waals surface area (Å²) < 4.78 is 8.60. The van der Waals surface area contributed by atoms with E-state index in [4.69, 9.17) is 4.74 Å². The van der Waals surface area contributed by atoms with E-state index in [1.807, 2.05) is 24.3 Å². The number of phenols is 2. The van der Waals surface area contributed by atoms with Crippen molar-refractivity contribution in [3.63, 3.8) is 0 Å². The number of ketones is 2. The number of carbonyl (C=O) groups excluding carboxylic acids is 2. The van der Waals surface area contributed by atoms with Gasteiger partial charge in [-0.1, -0.05) is 15.9 Å². The molecule has 5 rings (SSSR count). The predicted octanol–water partition coefficient (Wildman–Crippen LogP) is 4.75. The van der Waals surface area contributed by atoms with Gasteiger partial charge in [0, 0.05) is 16.1 Å². The number of aromatic nitrogens is 2. The lowest BCUT2D eigenvalue weighted by Crippen LogP contribution is -2.36. The second-order valence-corrected chi connectivity index (χ2v) is 9.17. The number of aromatic hydroxyl groups is 2. The molecule has 32 heavy (non-hydrogen) atoms. The molecular weight excluding hydrogens is 476 g/mol. The zero-order chi connectivity index (χ0) is 23.1. The number of Topliss-reactive ketones (excluding diaryl/α,β-unsaturated/α-hetero) is 2. The molecule has 1 atom stereocenters. The number of rotatable bonds is 2. The van der Waals surface area contributed by atoms with Crippen LogP contribution in [-0.2, 0) is 5.41 Å². The van der Waals surface area contributed by atoms with Crippen molar-refractivity contribution in [2.24, 2.45) is 0 Å². The highest BCUT2D eigenvalue weighted by Crippen LogP contribution is 2.58. The Morgan fingerprint density at radius 1 is 1.16 bits per heavy atom. The Morgan fingerprint density at radius 2 is 1.81 bits per heavy atom. The Bertz CT molecular complexity index is 1400. The first-order chi connectivity index (χ1) is 15.1. The minimum absolute atomic E-state index is 0.0196. The van der Waals surface area contributed by atoms with Gasteiger partial charge in [0.2, 0.25) is 0 Å². The maximum atomic E-state index is 13.9. The van der Waals surface area contributed by atoms with Gasteiger partial charge < -0.3 is 14.9 Å². The predicted molar refractivity (Wildman–Crippen MR) is 121 cm³/mol. The first-order valence-corrected chi connectivity index (χ1v) is 10.8. The number of hydrogen-bond acceptors (Lipinski definition) is 6. The Morgan fingerprint density at radius 3 is 2.44 bits per heavy atom. The number of carbonyl (C=O) groups is 2. The average Bonchev–Trinajstić information content (AvgIpc) is 3.22. The second-order valence-electron chi connectivity index (χ2n) is 8.26. The molecule has 3 aromatic rings. The molecule has 2 aromatic carbocycles. The van der Waals surface area contributed by atoms with Crippen molar-refractivity contribution in [1.29, 1.82) is 0 Å². The van der Waals surface area contributed by atoms with E-state index in [9.17, 15) is 19.8 Å². The smallest absolute Gasteiger partial charge is 0.185 e. The van der Waals surface area contributed by atoms with Crippen LogP contribution in [0.1, 0.15) is 57.1 Å². The topological polar surface area (TPSA) is 102 Å². The van der Waals surface area contributed by atoms with E-state index in [1.165, 1.54) is 13.8 Å². The molecule has 2 aliphatic rings. The number of phenolic OH excluding ortho intramolecular Hbond substituents is 2. The van der Waals surface area contributed by atoms with Gasteiger partial charge in [-0.05, 0) is 52.0 Å². The van der Waals surface area contributed by atoms with Gasteiger partial charge in [-0.25, -0.2) is 4.68 Å². The molecule has 1 aromatic heterocycles. The van der Waals surface area contributed by atoms with Gasteiger partial charge in [0.05, 0.1) is 28.2 Å². The number of ether oxygens (including phenoxy) is 1. The molecule has 1 aliphatic carbocycles. The Kier molecular flexibility index (Phi) is 4.20. The van der Waals surface area contributed by atoms with Crippen molar-refractivity contribution in [1.82, 2.24) is 9.78 Å². The monoisotopic (exact) mass is 494 g/mol. The lowest BCUT2D eigenvalue weighted by Gasteiger charge is -2.27. The molecule has 0 spiro atoms. The fourth-order valence-corrected chi connectivity index (χ4v) is 4.83. The Labute approximate surface area is 192 Å². The van der Waals surface area contributed by atoms with E-state index in [0.717, 1.165) is 10.2 Å². The lowest BCUT2D eigenvalue weighted by molar-refractivity contribution is 0.0905. The van der Waals surface area contributed by atoms with E-state index >= 15 is 0 Å². The first-order valence-electron chi connectivity index (χ1n) is 9.97. The summed E-state index contributed by atoms with van der Waals surface area (Å²) in [7, 11) is 0. The first kappa shape index (κ1) is 20.5. The summed E-state index contributed by atoms with van der Waals surface area (Å²) in [4.78, 5) is 26.2. The summed E-state index contributed by atoms with van der Waals surface area (Å²) in [5, 5.41) is 26.0. The van der Waals surface area contributed by atoms with Crippen molar-refractivity contribution in [3.05, 3.63) is 68.1 Å². The van der Waals surface area contributed by atoms with Crippen molar-refractivity contribution in [2.45, 2.75) is 33.1 Å². The molecule has 2 N–H and O–H groups in total. The highest BCUT2D eigenvalue weighted by Gasteiger charge is 2.55. The number of halogens is 1. The summed E-state index contributed by atoms with van der Waals surface area (Å²) in [5.41, 5.74) is 1.20. The molecule has 2 heterocycles. The fraction of sp³-hybridized carbons (Fsp3) is 0.208. The van der Waals surface area contributed by atoms with Gasteiger partial charge >= 0.3 is 0 Å². The Balaban J connectivity index is 1.80. The highest BCUT2D eigenvalue weighted by molar-refractivity contribution is 9.10. The van der Waals surface area contributed by atoms with E-state index in [1.54, 1.807) is 24.6 Å². The van der Waals surface area contributed by atoms with Crippen LogP contribution >= 0.6 is 15.9 Å². The number of allylic oxidation sites excluding steroid dienone is 1. The molecule has 162 valence electrons. The molecule has 1 unspecified atom stereocenters. The quantitative estimate of drug-likeness (QED) is 0.498. The highest BCUT2D eigenvalue weighted by atomic mass is 79.9. The third-order valence-corrected chi connectivity index (χ3v) is 6.84. The lowest BCUT2D eigenvalue weighted by atomic mass is 9.71. The Hall–Kier alpha value is -3.39. The van der Waals surface area contributed by atoms with Crippen LogP contribution in [-0.4, -0.2) is 31.6 Å². The number of nitrogens with zero attached hydrogens (tertiary/aromatic N) is 2. The molecule has 7 nitrogen and oxygen atoms in total. The number of fused-ring (bicyclic) bond motifs is 4. The van der Waals surface area contributed by atoms with Gasteiger partial charge in [0.25, 0.3) is 0 Å². The van der Waals surface area contributed by atoms with Crippen LogP contribution in [0.5, 0.6) is 17.2 Å². The molecule has 0 saturated carbocycles. The van der Waals surface area contributed by atoms with Crippen molar-refractivity contribution in [2.75, 3.05) is 0 Å². The van der Waals surface area contributed by atoms with Crippen LogP contribution in [0.25, 0.3) is 11.8 Å². The third-order valence-electron chi connectivity index (χ3n) is 6.31. The second kappa shape index (κ2) is 6.56. The maximum Gasteiger partial charge on any atom is 0.185 e. The van der Waals surface area contributed by atoms with Gasteiger partial charge in [0.1, 0.15) is 34.0 Å². The van der Waals surface area contributed by atoms with E-state index < -0.39 is 11.2 Å². The van der Waals surface area contributed by atoms with E-state index in [-0.39, 0.29) is 45.5 Å². The summed E-state index contributed by atoms with van der Waals surface area (Å²) in [6.45, 7) is 6.22. The van der Waals surface area contributed by atoms with E-state index in [0.29, 0.717) is 17.0 Å². The molecule has 8 heteroatoms. The SMILES string of the molecule is CC(=O)c1c(O)c(C)c(O)c2c1OC1=Cc3c(c(C)nn3-c3ccc(Br)cc3)C(=O)C12C. The summed E-state index contributed by atoms with van der Waals surface area (Å²) >= 11 is 3.42. The van der Waals surface area contributed by atoms with Gasteiger partial charge in [-0.2, -0.15) is 5.10 Å². The average molecular weight is 495 g/mol. The third kappa shape index (κ3) is 2.44. The van der Waals surface area contributed by atoms with Gasteiger partial charge in [-0.15, -0.1) is 0 Å². The van der Waals surface area contributed by atoms with Crippen LogP contribution < -0.4 is 4.74 Å². The van der Waals surface area contributed by atoms with Gasteiger partial charge in [-0.3, -0.25) is 9.59 Å². The van der Waals surface area contributed by atoms with Crippen molar-refractivity contribution >= 4 is 33.6 Å². The number of benzene rings is 2. The van der Waals surface area contributed by atoms with Crippen LogP contribution in [0.15, 0.2) is 34.5 Å². The molecular formula is C24H19BrN2O5. The summed E-state index contributed by atoms with van der Waals surface area (Å²) in [6.07, 6.45) is 1.72. The minimum atomic E-state index is -1.35. The summed E-state index contributed by atoms with van der Waals surface area (Å²) in [5.74, 6) is -1.04. The van der Waals surface area contributed by atoms with Crippen LogP contribution in [0, 0.1) is 13.8 Å². The van der Waals surface area contributed by atoms with Crippen molar-refractivity contribution < 1.29 is 24.5 Å². The molecule has 0 bridgehead atoms. The zero-order valence-electron chi connectivity index (χ0n) is 17.8. The molecule has 0 radical (unpaired) electrons. The largest absolute Gasteiger partial charge is 0.507 e. The molecule has 0 saturated heterocycles.